The van der Waals surface area contributed by atoms with Gasteiger partial charge < -0.3 is 10.6 Å². The molecule has 0 radical (unpaired) electrons. The van der Waals surface area contributed by atoms with Crippen LogP contribution in [0, 0.1) is 6.92 Å². The third-order valence-corrected chi connectivity index (χ3v) is 2.12. The molecule has 12 heavy (non-hydrogen) atoms. The van der Waals surface area contributed by atoms with Gasteiger partial charge in [-0.25, -0.2) is 0 Å². The van der Waals surface area contributed by atoms with Crippen molar-refractivity contribution < 1.29 is 0 Å². The van der Waals surface area contributed by atoms with Crippen molar-refractivity contribution in [1.29, 1.82) is 0 Å². The van der Waals surface area contributed by atoms with Crippen LogP contribution in [0.3, 0.4) is 0 Å². The van der Waals surface area contributed by atoms with Gasteiger partial charge in [0.15, 0.2) is 0 Å². The summed E-state index contributed by atoms with van der Waals surface area (Å²) in [6.45, 7) is 5.23. The molecule has 0 saturated carbocycles. The van der Waals surface area contributed by atoms with Gasteiger partial charge in [-0.1, -0.05) is 6.07 Å². The number of anilines is 2. The summed E-state index contributed by atoms with van der Waals surface area (Å²) in [6, 6.07) is 6.00. The van der Waals surface area contributed by atoms with Crippen molar-refractivity contribution in [2.45, 2.75) is 13.8 Å². The molecule has 0 saturated heterocycles. The molecule has 0 fully saturated rings. The lowest BCUT2D eigenvalue weighted by Crippen LogP contribution is -2.16. The minimum Gasteiger partial charge on any atom is -0.399 e. The second kappa shape index (κ2) is 3.48. The van der Waals surface area contributed by atoms with Crippen molar-refractivity contribution in [2.75, 3.05) is 24.2 Å². The van der Waals surface area contributed by atoms with Gasteiger partial charge in [0.05, 0.1) is 0 Å². The van der Waals surface area contributed by atoms with E-state index in [2.05, 4.69) is 31.9 Å². The van der Waals surface area contributed by atoms with Crippen LogP contribution in [0.5, 0.6) is 0 Å². The Hall–Kier alpha value is -1.18. The Morgan fingerprint density at radius 2 is 2.08 bits per heavy atom. The summed E-state index contributed by atoms with van der Waals surface area (Å²) in [6.07, 6.45) is 0. The monoisotopic (exact) mass is 164 g/mol. The summed E-state index contributed by atoms with van der Waals surface area (Å²) in [7, 11) is 2.07. The number of hydrogen-bond acceptors (Lipinski definition) is 2. The number of benzene rings is 1. The Kier molecular flexibility index (Phi) is 2.58. The van der Waals surface area contributed by atoms with Crippen LogP contribution in [0.25, 0.3) is 0 Å². The van der Waals surface area contributed by atoms with E-state index in [1.807, 2.05) is 12.1 Å². The SMILES string of the molecule is CCN(C)c1cc(N)ccc1C. The van der Waals surface area contributed by atoms with Crippen LogP contribution in [0.4, 0.5) is 11.4 Å². The minimum absolute atomic E-state index is 0.830. The highest BCUT2D eigenvalue weighted by Gasteiger charge is 2.01. The standard InChI is InChI=1S/C10H16N2/c1-4-12(3)10-7-9(11)6-5-8(10)2/h5-7H,4,11H2,1-3H3. The molecule has 0 unspecified atom stereocenters. The molecule has 2 heteroatoms. The molecule has 0 spiro atoms. The lowest BCUT2D eigenvalue weighted by atomic mass is 10.1. The number of nitrogen functional groups attached to an aromatic ring is 1. The maximum atomic E-state index is 5.69. The predicted octanol–water partition coefficient (Wildman–Crippen LogP) is 2.03. The first-order valence-corrected chi connectivity index (χ1v) is 4.22. The molecule has 0 heterocycles. The van der Waals surface area contributed by atoms with Crippen LogP contribution in [0.15, 0.2) is 18.2 Å². The van der Waals surface area contributed by atoms with Gasteiger partial charge in [-0.15, -0.1) is 0 Å². The van der Waals surface area contributed by atoms with E-state index in [1.54, 1.807) is 0 Å². The highest BCUT2D eigenvalue weighted by Crippen LogP contribution is 2.21. The molecule has 0 amide bonds. The minimum atomic E-state index is 0.830. The van der Waals surface area contributed by atoms with Gasteiger partial charge in [0.25, 0.3) is 0 Å². The van der Waals surface area contributed by atoms with Gasteiger partial charge >= 0.3 is 0 Å². The normalized spacial score (nSPS) is 9.92. The molecule has 1 aromatic carbocycles. The van der Waals surface area contributed by atoms with Crippen LogP contribution in [-0.2, 0) is 0 Å². The van der Waals surface area contributed by atoms with Crippen molar-refractivity contribution in [3.8, 4) is 0 Å². The maximum Gasteiger partial charge on any atom is 0.0413 e. The van der Waals surface area contributed by atoms with Crippen molar-refractivity contribution in [2.24, 2.45) is 0 Å². The first kappa shape index (κ1) is 8.91. The fraction of sp³-hybridized carbons (Fsp3) is 0.400. The van der Waals surface area contributed by atoms with E-state index < -0.39 is 0 Å². The molecule has 0 atom stereocenters. The number of hydrogen-bond donors (Lipinski definition) is 1. The van der Waals surface area contributed by atoms with E-state index in [1.165, 1.54) is 11.3 Å². The molecule has 0 aliphatic heterocycles. The summed E-state index contributed by atoms with van der Waals surface area (Å²) < 4.78 is 0. The molecule has 0 aliphatic carbocycles. The molecule has 2 N–H and O–H groups in total. The number of aryl methyl sites for hydroxylation is 1. The fourth-order valence-electron chi connectivity index (χ4n) is 1.21. The first-order chi connectivity index (χ1) is 5.65. The lowest BCUT2D eigenvalue weighted by Gasteiger charge is -2.19. The summed E-state index contributed by atoms with van der Waals surface area (Å²) in [5.74, 6) is 0. The van der Waals surface area contributed by atoms with Crippen molar-refractivity contribution >= 4 is 11.4 Å². The van der Waals surface area contributed by atoms with Crippen LogP contribution < -0.4 is 10.6 Å². The van der Waals surface area contributed by atoms with Gasteiger partial charge in [-0.05, 0) is 31.5 Å². The fourth-order valence-corrected chi connectivity index (χ4v) is 1.21. The average molecular weight is 164 g/mol. The zero-order chi connectivity index (χ0) is 9.14. The zero-order valence-electron chi connectivity index (χ0n) is 7.96. The first-order valence-electron chi connectivity index (χ1n) is 4.22. The Labute approximate surface area is 74.0 Å². The zero-order valence-corrected chi connectivity index (χ0v) is 7.96. The Balaban J connectivity index is 3.04. The van der Waals surface area contributed by atoms with Gasteiger partial charge in [-0.3, -0.25) is 0 Å². The molecular weight excluding hydrogens is 148 g/mol. The second-order valence-electron chi connectivity index (χ2n) is 3.06. The van der Waals surface area contributed by atoms with Gasteiger partial charge in [-0.2, -0.15) is 0 Å². The van der Waals surface area contributed by atoms with E-state index in [0.717, 1.165) is 12.2 Å². The van der Waals surface area contributed by atoms with E-state index >= 15 is 0 Å². The quantitative estimate of drug-likeness (QED) is 0.678. The summed E-state index contributed by atoms with van der Waals surface area (Å²) >= 11 is 0. The molecule has 1 rings (SSSR count). The Morgan fingerprint density at radius 1 is 1.42 bits per heavy atom. The molecule has 1 aromatic rings. The molecule has 2 nitrogen and oxygen atoms in total. The maximum absolute atomic E-state index is 5.69. The highest BCUT2D eigenvalue weighted by molar-refractivity contribution is 5.60. The van der Waals surface area contributed by atoms with E-state index in [4.69, 9.17) is 5.73 Å². The number of rotatable bonds is 2. The van der Waals surface area contributed by atoms with Crippen LogP contribution >= 0.6 is 0 Å². The van der Waals surface area contributed by atoms with Gasteiger partial charge in [0.2, 0.25) is 0 Å². The Morgan fingerprint density at radius 3 is 2.67 bits per heavy atom. The highest BCUT2D eigenvalue weighted by atomic mass is 15.1. The Bertz CT molecular complexity index is 269. The number of nitrogens with two attached hydrogens (primary N) is 1. The summed E-state index contributed by atoms with van der Waals surface area (Å²) in [5, 5.41) is 0. The van der Waals surface area contributed by atoms with E-state index in [-0.39, 0.29) is 0 Å². The van der Waals surface area contributed by atoms with Crippen molar-refractivity contribution in [1.82, 2.24) is 0 Å². The van der Waals surface area contributed by atoms with Gasteiger partial charge in [0.1, 0.15) is 0 Å². The topological polar surface area (TPSA) is 29.3 Å². The molecule has 0 aromatic heterocycles. The summed E-state index contributed by atoms with van der Waals surface area (Å²) in [5.41, 5.74) is 9.01. The second-order valence-corrected chi connectivity index (χ2v) is 3.06. The third kappa shape index (κ3) is 1.70. The summed E-state index contributed by atoms with van der Waals surface area (Å²) in [4.78, 5) is 2.19. The van der Waals surface area contributed by atoms with Crippen LogP contribution in [0.1, 0.15) is 12.5 Å². The smallest absolute Gasteiger partial charge is 0.0413 e. The molecule has 66 valence electrons. The van der Waals surface area contributed by atoms with Crippen LogP contribution in [-0.4, -0.2) is 13.6 Å². The molecule has 0 aliphatic rings. The third-order valence-electron chi connectivity index (χ3n) is 2.12. The largest absolute Gasteiger partial charge is 0.399 e. The van der Waals surface area contributed by atoms with Crippen molar-refractivity contribution in [3.05, 3.63) is 23.8 Å². The van der Waals surface area contributed by atoms with Gasteiger partial charge in [0, 0.05) is 25.0 Å². The van der Waals surface area contributed by atoms with E-state index in [9.17, 15) is 0 Å². The van der Waals surface area contributed by atoms with E-state index in [0.29, 0.717) is 0 Å². The average Bonchev–Trinajstić information content (AvgIpc) is 2.08. The van der Waals surface area contributed by atoms with Crippen molar-refractivity contribution in [3.63, 3.8) is 0 Å². The molecular formula is C10H16N2. The molecule has 0 bridgehead atoms. The predicted molar refractivity (Wildman–Crippen MR) is 54.5 cm³/mol. The van der Waals surface area contributed by atoms with Crippen LogP contribution in [0.2, 0.25) is 0 Å². The number of nitrogens with zero attached hydrogens (tertiary/aromatic N) is 1. The lowest BCUT2D eigenvalue weighted by molar-refractivity contribution is 0.962.